The van der Waals surface area contributed by atoms with Crippen molar-refractivity contribution in [3.05, 3.63) is 38.8 Å². The van der Waals surface area contributed by atoms with Crippen molar-refractivity contribution in [2.24, 2.45) is 0 Å². The van der Waals surface area contributed by atoms with Gasteiger partial charge in [-0.2, -0.15) is 0 Å². The highest BCUT2D eigenvalue weighted by molar-refractivity contribution is 9.10. The minimum atomic E-state index is -0.168. The number of amides is 1. The summed E-state index contributed by atoms with van der Waals surface area (Å²) in [6.07, 6.45) is 1.59. The average molecular weight is 312 g/mol. The molecule has 0 saturated carbocycles. The number of hydrogen-bond donors (Lipinski definition) is 2. The maximum absolute atomic E-state index is 11.9. The largest absolute Gasteiger partial charge is 0.398 e. The molecule has 0 spiro atoms. The lowest BCUT2D eigenvalue weighted by molar-refractivity contribution is 0.103. The molecule has 6 heteroatoms. The molecule has 2 heterocycles. The molecule has 2 aromatic heterocycles. The third-order valence-corrected chi connectivity index (χ3v) is 3.70. The van der Waals surface area contributed by atoms with Crippen LogP contribution in [0.1, 0.15) is 14.5 Å². The van der Waals surface area contributed by atoms with Gasteiger partial charge in [0.15, 0.2) is 0 Å². The molecule has 0 aromatic carbocycles. The number of rotatable bonds is 2. The molecule has 0 aliphatic rings. The molecule has 0 aliphatic heterocycles. The normalized spacial score (nSPS) is 10.2. The van der Waals surface area contributed by atoms with Crippen LogP contribution in [0.5, 0.6) is 0 Å². The van der Waals surface area contributed by atoms with Crippen molar-refractivity contribution in [2.45, 2.75) is 6.92 Å². The molecule has 0 radical (unpaired) electrons. The average Bonchev–Trinajstić information content (AvgIpc) is 2.63. The van der Waals surface area contributed by atoms with Crippen molar-refractivity contribution in [1.82, 2.24) is 4.98 Å². The Balaban J connectivity index is 2.14. The maximum atomic E-state index is 11.9. The van der Waals surface area contributed by atoms with E-state index in [1.807, 2.05) is 6.92 Å². The van der Waals surface area contributed by atoms with E-state index in [0.29, 0.717) is 16.3 Å². The number of aryl methyl sites for hydroxylation is 1. The molecule has 0 bridgehead atoms. The molecule has 3 N–H and O–H groups in total. The fourth-order valence-electron chi connectivity index (χ4n) is 1.25. The number of nitrogens with zero attached hydrogens (tertiary/aromatic N) is 1. The third kappa shape index (κ3) is 2.83. The number of aromatic nitrogens is 1. The minimum absolute atomic E-state index is 0.168. The fourth-order valence-corrected chi connectivity index (χ4v) is 2.32. The quantitative estimate of drug-likeness (QED) is 0.838. The summed E-state index contributed by atoms with van der Waals surface area (Å²) in [5.41, 5.74) is 7.01. The van der Waals surface area contributed by atoms with Gasteiger partial charge in [-0.25, -0.2) is 4.98 Å². The zero-order valence-electron chi connectivity index (χ0n) is 9.03. The van der Waals surface area contributed by atoms with Crippen molar-refractivity contribution in [2.75, 3.05) is 11.1 Å². The number of thiophene rings is 1. The van der Waals surface area contributed by atoms with Crippen LogP contribution in [0.15, 0.2) is 29.0 Å². The van der Waals surface area contributed by atoms with Gasteiger partial charge in [-0.05, 0) is 41.1 Å². The molecule has 0 aliphatic carbocycles. The van der Waals surface area contributed by atoms with E-state index in [4.69, 9.17) is 5.73 Å². The highest BCUT2D eigenvalue weighted by Crippen LogP contribution is 2.24. The Bertz CT molecular complexity index is 531. The summed E-state index contributed by atoms with van der Waals surface area (Å²) < 4.78 is 0.728. The monoisotopic (exact) mass is 311 g/mol. The number of pyridine rings is 1. The van der Waals surface area contributed by atoms with Crippen molar-refractivity contribution >= 4 is 44.5 Å². The van der Waals surface area contributed by atoms with Gasteiger partial charge in [-0.15, -0.1) is 11.3 Å². The minimum Gasteiger partial charge on any atom is -0.398 e. The second-order valence-electron chi connectivity index (χ2n) is 3.45. The Hall–Kier alpha value is -1.40. The Morgan fingerprint density at radius 1 is 1.53 bits per heavy atom. The molecule has 2 rings (SSSR count). The van der Waals surface area contributed by atoms with E-state index in [1.54, 1.807) is 24.4 Å². The van der Waals surface area contributed by atoms with E-state index in [9.17, 15) is 4.79 Å². The molecule has 0 atom stereocenters. The van der Waals surface area contributed by atoms with E-state index in [-0.39, 0.29) is 5.91 Å². The van der Waals surface area contributed by atoms with Crippen LogP contribution in [0, 0.1) is 6.92 Å². The van der Waals surface area contributed by atoms with Gasteiger partial charge in [-0.3, -0.25) is 4.79 Å². The molecule has 0 fully saturated rings. The Kier molecular flexibility index (Phi) is 3.44. The number of nitrogens with two attached hydrogens (primary N) is 1. The standard InChI is InChI=1S/C11H10BrN3OS/c1-6-8(13)4-9(17-6)11(16)15-7-2-3-10(12)14-5-7/h2-5H,13H2,1H3,(H,15,16). The van der Waals surface area contributed by atoms with Crippen molar-refractivity contribution in [1.29, 1.82) is 0 Å². The van der Waals surface area contributed by atoms with Gasteiger partial charge < -0.3 is 11.1 Å². The van der Waals surface area contributed by atoms with Crippen molar-refractivity contribution < 1.29 is 4.79 Å². The molecule has 2 aromatic rings. The zero-order valence-corrected chi connectivity index (χ0v) is 11.4. The van der Waals surface area contributed by atoms with Gasteiger partial charge in [-0.1, -0.05) is 0 Å². The predicted octanol–water partition coefficient (Wildman–Crippen LogP) is 3.05. The van der Waals surface area contributed by atoms with Crippen LogP contribution in [-0.4, -0.2) is 10.9 Å². The molecule has 0 unspecified atom stereocenters. The molecule has 0 saturated heterocycles. The molecular weight excluding hydrogens is 302 g/mol. The summed E-state index contributed by atoms with van der Waals surface area (Å²) in [5.74, 6) is -0.168. The number of carbonyl (C=O) groups is 1. The summed E-state index contributed by atoms with van der Waals surface area (Å²) in [6.45, 7) is 1.89. The summed E-state index contributed by atoms with van der Waals surface area (Å²) in [5, 5.41) is 2.76. The highest BCUT2D eigenvalue weighted by Gasteiger charge is 2.11. The van der Waals surface area contributed by atoms with E-state index < -0.39 is 0 Å². The van der Waals surface area contributed by atoms with Gasteiger partial charge in [0.25, 0.3) is 5.91 Å². The van der Waals surface area contributed by atoms with Gasteiger partial charge in [0, 0.05) is 10.6 Å². The smallest absolute Gasteiger partial charge is 0.265 e. The van der Waals surface area contributed by atoms with Crippen molar-refractivity contribution in [3.63, 3.8) is 0 Å². The number of carbonyl (C=O) groups excluding carboxylic acids is 1. The summed E-state index contributed by atoms with van der Waals surface area (Å²) in [4.78, 5) is 17.4. The van der Waals surface area contributed by atoms with E-state index >= 15 is 0 Å². The van der Waals surface area contributed by atoms with Gasteiger partial charge in [0.1, 0.15) is 4.60 Å². The van der Waals surface area contributed by atoms with Crippen LogP contribution >= 0.6 is 27.3 Å². The van der Waals surface area contributed by atoms with Crippen LogP contribution in [0.4, 0.5) is 11.4 Å². The molecule has 17 heavy (non-hydrogen) atoms. The summed E-state index contributed by atoms with van der Waals surface area (Å²) in [6, 6.07) is 5.23. The van der Waals surface area contributed by atoms with Crippen molar-refractivity contribution in [3.8, 4) is 0 Å². The Morgan fingerprint density at radius 2 is 2.29 bits per heavy atom. The summed E-state index contributed by atoms with van der Waals surface area (Å²) in [7, 11) is 0. The van der Waals surface area contributed by atoms with Gasteiger partial charge in [0.2, 0.25) is 0 Å². The second kappa shape index (κ2) is 4.85. The second-order valence-corrected chi connectivity index (χ2v) is 5.51. The first kappa shape index (κ1) is 12.1. The highest BCUT2D eigenvalue weighted by atomic mass is 79.9. The lowest BCUT2D eigenvalue weighted by Gasteiger charge is -2.02. The molecule has 4 nitrogen and oxygen atoms in total. The van der Waals surface area contributed by atoms with Gasteiger partial charge in [0.05, 0.1) is 16.8 Å². The third-order valence-electron chi connectivity index (χ3n) is 2.17. The topological polar surface area (TPSA) is 68.0 Å². The van der Waals surface area contributed by atoms with E-state index in [2.05, 4.69) is 26.2 Å². The number of halogens is 1. The Morgan fingerprint density at radius 3 is 2.82 bits per heavy atom. The van der Waals surface area contributed by atoms with Crippen LogP contribution in [-0.2, 0) is 0 Å². The van der Waals surface area contributed by atoms with E-state index in [0.717, 1.165) is 9.48 Å². The first-order valence-corrected chi connectivity index (χ1v) is 6.46. The zero-order chi connectivity index (χ0) is 12.4. The molecule has 88 valence electrons. The number of hydrogen-bond acceptors (Lipinski definition) is 4. The number of nitrogen functional groups attached to an aromatic ring is 1. The lowest BCUT2D eigenvalue weighted by Crippen LogP contribution is -2.10. The molecule has 1 amide bonds. The lowest BCUT2D eigenvalue weighted by atomic mass is 10.3. The number of nitrogens with one attached hydrogen (secondary N) is 1. The molecular formula is C11H10BrN3OS. The number of anilines is 2. The first-order valence-electron chi connectivity index (χ1n) is 4.85. The maximum Gasteiger partial charge on any atom is 0.265 e. The van der Waals surface area contributed by atoms with E-state index in [1.165, 1.54) is 11.3 Å². The Labute approximate surface area is 111 Å². The SMILES string of the molecule is Cc1sc(C(=O)Nc2ccc(Br)nc2)cc1N. The van der Waals surface area contributed by atoms with Crippen LogP contribution in [0.3, 0.4) is 0 Å². The fraction of sp³-hybridized carbons (Fsp3) is 0.0909. The van der Waals surface area contributed by atoms with Crippen LogP contribution in [0.2, 0.25) is 0 Å². The first-order chi connectivity index (χ1) is 8.06. The summed E-state index contributed by atoms with van der Waals surface area (Å²) >= 11 is 4.61. The van der Waals surface area contributed by atoms with Crippen LogP contribution in [0.25, 0.3) is 0 Å². The predicted molar refractivity (Wildman–Crippen MR) is 73.4 cm³/mol. The van der Waals surface area contributed by atoms with Crippen LogP contribution < -0.4 is 11.1 Å². The van der Waals surface area contributed by atoms with Gasteiger partial charge >= 0.3 is 0 Å².